The number of aliphatic hydroxyl groups excluding tert-OH is 1. The van der Waals surface area contributed by atoms with Gasteiger partial charge in [-0.3, -0.25) is 0 Å². The number of rotatable bonds is 4. The van der Waals surface area contributed by atoms with Crippen LogP contribution < -0.4 is 0 Å². The van der Waals surface area contributed by atoms with Crippen molar-refractivity contribution in [1.29, 1.82) is 0 Å². The van der Waals surface area contributed by atoms with Gasteiger partial charge in [-0.15, -0.1) is 0 Å². The predicted molar refractivity (Wildman–Crippen MR) is 47.0 cm³/mol. The number of benzene rings is 1. The van der Waals surface area contributed by atoms with Gasteiger partial charge in [-0.05, 0) is 17.7 Å². The summed E-state index contributed by atoms with van der Waals surface area (Å²) in [5.41, 5.74) is 0.568. The van der Waals surface area contributed by atoms with Gasteiger partial charge in [-0.1, -0.05) is 12.1 Å². The Hall–Kier alpha value is -0.883. The molecule has 0 amide bonds. The van der Waals surface area contributed by atoms with Crippen LogP contribution in [0.4, 0.5) is 0 Å². The predicted octanol–water partition coefficient (Wildman–Crippen LogP) is -0.0313. The highest BCUT2D eigenvalue weighted by molar-refractivity contribution is 6.15. The molecular weight excluding hydrogens is 188 g/mol. The van der Waals surface area contributed by atoms with E-state index in [1.54, 1.807) is 12.1 Å². The van der Waals surface area contributed by atoms with Gasteiger partial charge in [-0.2, -0.15) is 0 Å². The summed E-state index contributed by atoms with van der Waals surface area (Å²) in [6.07, 6.45) is -0.813. The van der Waals surface area contributed by atoms with Crippen LogP contribution in [-0.4, -0.2) is 31.6 Å². The molecule has 0 saturated carbocycles. The molecule has 0 aliphatic carbocycles. The van der Waals surface area contributed by atoms with Gasteiger partial charge in [-0.25, -0.2) is 0 Å². The topological polar surface area (TPSA) is 69.9 Å². The second-order valence-electron chi connectivity index (χ2n) is 2.51. The Morgan fingerprint density at radius 3 is 2.85 bits per heavy atom. The molecule has 0 aliphatic heterocycles. The van der Waals surface area contributed by atoms with Gasteiger partial charge in [0.2, 0.25) is 0 Å². The van der Waals surface area contributed by atoms with Crippen LogP contribution in [0, 0.1) is 0 Å². The lowest BCUT2D eigenvalue weighted by atomic mass is 10.1. The molecule has 5 heteroatoms. The van der Waals surface area contributed by atoms with Crippen LogP contribution in [0.2, 0.25) is 0 Å². The van der Waals surface area contributed by atoms with Crippen LogP contribution in [0.5, 0.6) is 5.75 Å². The van der Waals surface area contributed by atoms with Gasteiger partial charge in [0.15, 0.2) is 0 Å². The van der Waals surface area contributed by atoms with Crippen molar-refractivity contribution in [3.63, 3.8) is 0 Å². The maximum absolute atomic E-state index is 9.43. The Morgan fingerprint density at radius 2 is 2.23 bits per heavy atom. The second-order valence-corrected chi connectivity index (χ2v) is 2.98. The second kappa shape index (κ2) is 4.98. The molecule has 1 unspecified atom stereocenters. The number of phenolic OH excluding ortho intramolecular Hbond substituents is 1. The minimum absolute atomic E-state index is 0.0262. The van der Waals surface area contributed by atoms with Crippen molar-refractivity contribution >= 4 is 10.0 Å². The molecule has 0 saturated heterocycles. The fourth-order valence-corrected chi connectivity index (χ4v) is 1.18. The van der Waals surface area contributed by atoms with Crippen LogP contribution in [0.1, 0.15) is 11.7 Å². The number of aromatic hydroxyl groups is 1. The summed E-state index contributed by atoms with van der Waals surface area (Å²) in [6, 6.07) is 6.28. The van der Waals surface area contributed by atoms with Crippen molar-refractivity contribution < 1.29 is 19.4 Å². The van der Waals surface area contributed by atoms with Crippen molar-refractivity contribution in [2.45, 2.75) is 6.10 Å². The SMILES string of the molecule is O[Si]OCC(O)c1cccc(O)c1. The van der Waals surface area contributed by atoms with E-state index in [1.165, 1.54) is 12.1 Å². The molecule has 70 valence electrons. The molecule has 4 nitrogen and oxygen atoms in total. The van der Waals surface area contributed by atoms with Crippen LogP contribution in [-0.2, 0) is 4.43 Å². The molecule has 0 aromatic heterocycles. The lowest BCUT2D eigenvalue weighted by Crippen LogP contribution is -2.09. The average molecular weight is 198 g/mol. The molecule has 1 aromatic rings. The Morgan fingerprint density at radius 1 is 1.46 bits per heavy atom. The molecule has 0 heterocycles. The van der Waals surface area contributed by atoms with Gasteiger partial charge in [0.1, 0.15) is 11.9 Å². The van der Waals surface area contributed by atoms with Gasteiger partial charge >= 0.3 is 10.0 Å². The standard InChI is InChI=1S/C8H10O4Si/c9-7-3-1-2-6(4-7)8(10)5-12-13-11/h1-4,8-11H,5H2. The summed E-state index contributed by atoms with van der Waals surface area (Å²) >= 11 is 0. The Balaban J connectivity index is 2.60. The zero-order valence-electron chi connectivity index (χ0n) is 6.84. The van der Waals surface area contributed by atoms with Crippen LogP contribution in [0.25, 0.3) is 0 Å². The van der Waals surface area contributed by atoms with E-state index in [2.05, 4.69) is 4.43 Å². The molecular formula is C8H10O4Si. The molecule has 3 N–H and O–H groups in total. The molecule has 0 spiro atoms. The summed E-state index contributed by atoms with van der Waals surface area (Å²) in [5, 5.41) is 18.5. The summed E-state index contributed by atoms with van der Waals surface area (Å²) in [5.74, 6) is 0.1000. The average Bonchev–Trinajstić information content (AvgIpc) is 2.14. The third-order valence-corrected chi connectivity index (χ3v) is 1.86. The largest absolute Gasteiger partial charge is 0.508 e. The smallest absolute Gasteiger partial charge is 0.430 e. The fourth-order valence-electron chi connectivity index (χ4n) is 0.944. The highest BCUT2D eigenvalue weighted by Crippen LogP contribution is 2.17. The van der Waals surface area contributed by atoms with Gasteiger partial charge < -0.3 is 19.4 Å². The molecule has 2 radical (unpaired) electrons. The van der Waals surface area contributed by atoms with Crippen molar-refractivity contribution in [1.82, 2.24) is 0 Å². The zero-order valence-corrected chi connectivity index (χ0v) is 7.84. The zero-order chi connectivity index (χ0) is 9.68. The van der Waals surface area contributed by atoms with Crippen molar-refractivity contribution in [2.75, 3.05) is 6.61 Å². The first kappa shape index (κ1) is 10.2. The normalized spacial score (nSPS) is 12.8. The summed E-state index contributed by atoms with van der Waals surface area (Å²) in [4.78, 5) is 8.36. The number of hydrogen-bond donors (Lipinski definition) is 3. The van der Waals surface area contributed by atoms with Crippen molar-refractivity contribution in [3.8, 4) is 5.75 Å². The Kier molecular flexibility index (Phi) is 3.91. The Bertz CT molecular complexity index is 266. The molecule has 0 fully saturated rings. The number of hydrogen-bond acceptors (Lipinski definition) is 4. The van der Waals surface area contributed by atoms with E-state index in [4.69, 9.17) is 9.90 Å². The third-order valence-electron chi connectivity index (χ3n) is 1.56. The van der Waals surface area contributed by atoms with E-state index in [-0.39, 0.29) is 12.4 Å². The molecule has 0 aliphatic rings. The highest BCUT2D eigenvalue weighted by atomic mass is 28.2. The highest BCUT2D eigenvalue weighted by Gasteiger charge is 2.07. The number of aliphatic hydroxyl groups is 1. The minimum atomic E-state index is -0.813. The summed E-state index contributed by atoms with van der Waals surface area (Å²) in [6.45, 7) is 0.0262. The van der Waals surface area contributed by atoms with E-state index in [0.717, 1.165) is 0 Å². The first-order valence-electron chi connectivity index (χ1n) is 3.72. The van der Waals surface area contributed by atoms with E-state index in [9.17, 15) is 5.11 Å². The van der Waals surface area contributed by atoms with Gasteiger partial charge in [0.05, 0.1) is 6.61 Å². The first-order chi connectivity index (χ1) is 6.24. The molecule has 1 atom stereocenters. The lowest BCUT2D eigenvalue weighted by Gasteiger charge is -2.09. The first-order valence-corrected chi connectivity index (χ1v) is 4.57. The maximum Gasteiger partial charge on any atom is 0.430 e. The van der Waals surface area contributed by atoms with Crippen LogP contribution >= 0.6 is 0 Å². The summed E-state index contributed by atoms with van der Waals surface area (Å²) < 4.78 is 4.64. The van der Waals surface area contributed by atoms with Crippen molar-refractivity contribution in [3.05, 3.63) is 29.8 Å². The maximum atomic E-state index is 9.43. The number of phenols is 1. The lowest BCUT2D eigenvalue weighted by molar-refractivity contribution is 0.102. The van der Waals surface area contributed by atoms with Gasteiger partial charge in [0, 0.05) is 0 Å². The van der Waals surface area contributed by atoms with E-state index >= 15 is 0 Å². The molecule has 1 rings (SSSR count). The van der Waals surface area contributed by atoms with Crippen LogP contribution in [0.3, 0.4) is 0 Å². The quantitative estimate of drug-likeness (QED) is 0.594. The van der Waals surface area contributed by atoms with E-state index in [0.29, 0.717) is 5.56 Å². The van der Waals surface area contributed by atoms with Gasteiger partial charge in [0.25, 0.3) is 0 Å². The van der Waals surface area contributed by atoms with E-state index in [1.807, 2.05) is 0 Å². The Labute approximate surface area is 78.5 Å². The van der Waals surface area contributed by atoms with Crippen molar-refractivity contribution in [2.24, 2.45) is 0 Å². The fraction of sp³-hybridized carbons (Fsp3) is 0.250. The molecule has 0 bridgehead atoms. The third kappa shape index (κ3) is 3.15. The van der Waals surface area contributed by atoms with E-state index < -0.39 is 16.1 Å². The van der Waals surface area contributed by atoms with Crippen LogP contribution in [0.15, 0.2) is 24.3 Å². The monoisotopic (exact) mass is 198 g/mol. The molecule has 1 aromatic carbocycles. The minimum Gasteiger partial charge on any atom is -0.508 e. The molecule has 13 heavy (non-hydrogen) atoms. The summed E-state index contributed by atoms with van der Waals surface area (Å²) in [7, 11) is -0.630.